The zero-order valence-corrected chi connectivity index (χ0v) is 8.79. The summed E-state index contributed by atoms with van der Waals surface area (Å²) >= 11 is 0. The molecule has 0 bridgehead atoms. The lowest BCUT2D eigenvalue weighted by Gasteiger charge is -2.00. The van der Waals surface area contributed by atoms with Gasteiger partial charge in [0.1, 0.15) is 0 Å². The van der Waals surface area contributed by atoms with Gasteiger partial charge in [-0.25, -0.2) is 0 Å². The van der Waals surface area contributed by atoms with Crippen molar-refractivity contribution >= 4 is 16.7 Å². The second kappa shape index (κ2) is 3.79. The van der Waals surface area contributed by atoms with Crippen LogP contribution in [0.25, 0.3) is 10.9 Å². The Hall–Kier alpha value is -2.56. The quantitative estimate of drug-likeness (QED) is 0.671. The normalized spacial score (nSPS) is 10.6. The highest BCUT2D eigenvalue weighted by Gasteiger charge is 2.12. The Kier molecular flexibility index (Phi) is 2.15. The van der Waals surface area contributed by atoms with Crippen LogP contribution < -0.4 is 0 Å². The molecule has 17 heavy (non-hydrogen) atoms. The predicted molar refractivity (Wildman–Crippen MR) is 61.6 cm³/mol. The lowest BCUT2D eigenvalue weighted by Crippen LogP contribution is -2.01. The third kappa shape index (κ3) is 1.67. The van der Waals surface area contributed by atoms with Gasteiger partial charge in [0.25, 0.3) is 0 Å². The lowest BCUT2D eigenvalue weighted by atomic mass is 10.1. The first kappa shape index (κ1) is 9.65. The van der Waals surface area contributed by atoms with Gasteiger partial charge in [-0.3, -0.25) is 9.78 Å². The van der Waals surface area contributed by atoms with Crippen LogP contribution in [0.4, 0.5) is 0 Å². The molecule has 1 N–H and O–H groups in total. The van der Waals surface area contributed by atoms with E-state index >= 15 is 0 Å². The van der Waals surface area contributed by atoms with Gasteiger partial charge in [-0.15, -0.1) is 0 Å². The fourth-order valence-corrected chi connectivity index (χ4v) is 1.68. The summed E-state index contributed by atoms with van der Waals surface area (Å²) in [6, 6.07) is 9.13. The minimum atomic E-state index is -0.149. The minimum absolute atomic E-state index is 0.149. The summed E-state index contributed by atoms with van der Waals surface area (Å²) in [6.07, 6.45) is 3.14. The number of benzene rings is 1. The molecule has 2 heterocycles. The zero-order chi connectivity index (χ0) is 11.7. The molecule has 1 aromatic carbocycles. The summed E-state index contributed by atoms with van der Waals surface area (Å²) in [5, 5.41) is 10.7. The molecule has 82 valence electrons. The predicted octanol–water partition coefficient (Wildman–Crippen LogP) is 1.58. The number of fused-ring (bicyclic) bond motifs is 1. The van der Waals surface area contributed by atoms with Gasteiger partial charge in [-0.2, -0.15) is 15.4 Å². The van der Waals surface area contributed by atoms with E-state index in [0.717, 1.165) is 10.9 Å². The molecule has 0 saturated heterocycles. The number of ketones is 1. The first-order valence-corrected chi connectivity index (χ1v) is 5.10. The Bertz CT molecular complexity index is 676. The molecule has 5 nitrogen and oxygen atoms in total. The number of aromatic nitrogens is 4. The Labute approximate surface area is 96.5 Å². The Morgan fingerprint density at radius 3 is 3.00 bits per heavy atom. The van der Waals surface area contributed by atoms with Crippen molar-refractivity contribution in [2.24, 2.45) is 0 Å². The van der Waals surface area contributed by atoms with Crippen LogP contribution in [0.3, 0.4) is 0 Å². The van der Waals surface area contributed by atoms with E-state index in [2.05, 4.69) is 20.4 Å². The highest BCUT2D eigenvalue weighted by atomic mass is 16.1. The Morgan fingerprint density at radius 2 is 2.18 bits per heavy atom. The maximum Gasteiger partial charge on any atom is 0.214 e. The molecule has 0 fully saturated rings. The fraction of sp³-hybridized carbons (Fsp3) is 0. The number of hydrogen-bond acceptors (Lipinski definition) is 4. The van der Waals surface area contributed by atoms with Gasteiger partial charge in [0.15, 0.2) is 5.69 Å². The molecule has 0 aliphatic rings. The van der Waals surface area contributed by atoms with Gasteiger partial charge in [0.2, 0.25) is 5.78 Å². The largest absolute Gasteiger partial charge is 0.287 e. The maximum atomic E-state index is 12.0. The van der Waals surface area contributed by atoms with Crippen molar-refractivity contribution in [3.8, 4) is 0 Å². The second-order valence-electron chi connectivity index (χ2n) is 3.60. The van der Waals surface area contributed by atoms with Crippen LogP contribution in [-0.4, -0.2) is 26.2 Å². The molecular formula is C12H8N4O. The van der Waals surface area contributed by atoms with Gasteiger partial charge in [-0.05, 0) is 24.3 Å². The Balaban J connectivity index is 2.09. The van der Waals surface area contributed by atoms with Gasteiger partial charge < -0.3 is 0 Å². The number of rotatable bonds is 2. The molecule has 0 saturated carbocycles. The fourth-order valence-electron chi connectivity index (χ4n) is 1.68. The second-order valence-corrected chi connectivity index (χ2v) is 3.60. The van der Waals surface area contributed by atoms with Crippen LogP contribution in [0.1, 0.15) is 16.1 Å². The topological polar surface area (TPSA) is 71.5 Å². The number of nitrogens with zero attached hydrogens (tertiary/aromatic N) is 3. The molecule has 0 aliphatic heterocycles. The summed E-state index contributed by atoms with van der Waals surface area (Å²) < 4.78 is 0. The van der Waals surface area contributed by atoms with Gasteiger partial charge >= 0.3 is 0 Å². The van der Waals surface area contributed by atoms with Crippen LogP contribution in [0.2, 0.25) is 0 Å². The third-order valence-electron chi connectivity index (χ3n) is 2.51. The number of H-pyrrole nitrogens is 1. The third-order valence-corrected chi connectivity index (χ3v) is 2.51. The number of nitrogens with one attached hydrogen (secondary N) is 1. The van der Waals surface area contributed by atoms with E-state index in [-0.39, 0.29) is 5.78 Å². The molecule has 0 spiro atoms. The smallest absolute Gasteiger partial charge is 0.214 e. The lowest BCUT2D eigenvalue weighted by molar-refractivity contribution is 0.103. The van der Waals surface area contributed by atoms with E-state index in [1.54, 1.807) is 18.3 Å². The number of carbonyl (C=O) groups excluding carboxylic acids is 1. The minimum Gasteiger partial charge on any atom is -0.287 e. The molecular weight excluding hydrogens is 216 g/mol. The van der Waals surface area contributed by atoms with E-state index < -0.39 is 0 Å². The Morgan fingerprint density at radius 1 is 1.24 bits per heavy atom. The van der Waals surface area contributed by atoms with Crippen LogP contribution in [0.15, 0.2) is 42.7 Å². The zero-order valence-electron chi connectivity index (χ0n) is 8.79. The molecule has 0 unspecified atom stereocenters. The van der Waals surface area contributed by atoms with Gasteiger partial charge in [0, 0.05) is 17.1 Å². The van der Waals surface area contributed by atoms with Crippen molar-refractivity contribution < 1.29 is 4.79 Å². The van der Waals surface area contributed by atoms with Gasteiger partial charge in [0.05, 0.1) is 11.7 Å². The SMILES string of the molecule is O=C(c1ccc2ncccc2c1)c1cn[nH]n1. The van der Waals surface area contributed by atoms with Crippen LogP contribution in [0, 0.1) is 0 Å². The highest BCUT2D eigenvalue weighted by molar-refractivity contribution is 6.09. The van der Waals surface area contributed by atoms with Crippen LogP contribution in [-0.2, 0) is 0 Å². The number of aromatic amines is 1. The molecule has 0 aliphatic carbocycles. The number of pyridine rings is 1. The summed E-state index contributed by atoms with van der Waals surface area (Å²) in [6.45, 7) is 0. The standard InChI is InChI=1S/C12H8N4O/c17-12(11-7-14-16-15-11)9-3-4-10-8(6-9)2-1-5-13-10/h1-7H,(H,14,15,16). The van der Waals surface area contributed by atoms with Crippen molar-refractivity contribution in [1.82, 2.24) is 20.4 Å². The van der Waals surface area contributed by atoms with E-state index in [9.17, 15) is 4.79 Å². The molecule has 0 radical (unpaired) electrons. The summed E-state index contributed by atoms with van der Waals surface area (Å²) in [5.41, 5.74) is 1.76. The summed E-state index contributed by atoms with van der Waals surface area (Å²) in [5.74, 6) is -0.149. The van der Waals surface area contributed by atoms with Crippen molar-refractivity contribution in [2.45, 2.75) is 0 Å². The first-order chi connectivity index (χ1) is 8.34. The molecule has 2 aromatic heterocycles. The van der Waals surface area contributed by atoms with E-state index in [1.807, 2.05) is 18.2 Å². The molecule has 0 atom stereocenters. The highest BCUT2D eigenvalue weighted by Crippen LogP contribution is 2.15. The van der Waals surface area contributed by atoms with Crippen molar-refractivity contribution in [2.75, 3.05) is 0 Å². The molecule has 0 amide bonds. The van der Waals surface area contributed by atoms with Crippen LogP contribution >= 0.6 is 0 Å². The van der Waals surface area contributed by atoms with E-state index in [1.165, 1.54) is 6.20 Å². The van der Waals surface area contributed by atoms with E-state index in [0.29, 0.717) is 11.3 Å². The summed E-state index contributed by atoms with van der Waals surface area (Å²) in [4.78, 5) is 16.2. The van der Waals surface area contributed by atoms with Crippen molar-refractivity contribution in [3.05, 3.63) is 54.0 Å². The van der Waals surface area contributed by atoms with Crippen LogP contribution in [0.5, 0.6) is 0 Å². The molecule has 5 heteroatoms. The first-order valence-electron chi connectivity index (χ1n) is 5.10. The average molecular weight is 224 g/mol. The molecule has 3 rings (SSSR count). The number of hydrogen-bond donors (Lipinski definition) is 1. The van der Waals surface area contributed by atoms with Crippen molar-refractivity contribution in [3.63, 3.8) is 0 Å². The average Bonchev–Trinajstić information content (AvgIpc) is 2.91. The maximum absolute atomic E-state index is 12.0. The van der Waals surface area contributed by atoms with E-state index in [4.69, 9.17) is 0 Å². The number of carbonyl (C=O) groups is 1. The monoisotopic (exact) mass is 224 g/mol. The summed E-state index contributed by atoms with van der Waals surface area (Å²) in [7, 11) is 0. The van der Waals surface area contributed by atoms with Crippen molar-refractivity contribution in [1.29, 1.82) is 0 Å². The molecule has 3 aromatic rings. The van der Waals surface area contributed by atoms with Gasteiger partial charge in [-0.1, -0.05) is 6.07 Å².